The van der Waals surface area contributed by atoms with Gasteiger partial charge in [0.15, 0.2) is 5.58 Å². The highest BCUT2D eigenvalue weighted by Gasteiger charge is 2.22. The molecule has 234 valence electrons. The Kier molecular flexibility index (Phi) is 5.60. The minimum atomic E-state index is 0.585. The number of nitrogens with zero attached hydrogens (tertiary/aromatic N) is 2. The monoisotopic (exact) mass is 642 g/mol. The predicted octanol–water partition coefficient (Wildman–Crippen LogP) is 13.0. The zero-order chi connectivity index (χ0) is 32.8. The lowest BCUT2D eigenvalue weighted by Gasteiger charge is -2.26. The Morgan fingerprint density at radius 2 is 1.00 bits per heavy atom. The quantitative estimate of drug-likeness (QED) is 0.175. The highest BCUT2D eigenvalue weighted by atomic mass is 16.4. The largest absolute Gasteiger partial charge is 0.456 e. The zero-order valence-electron chi connectivity index (χ0n) is 26.6. The number of oxazole rings is 1. The first-order valence-corrected chi connectivity index (χ1v) is 16.7. The summed E-state index contributed by atoms with van der Waals surface area (Å²) in [7, 11) is 0. The number of hydrogen-bond acceptors (Lipinski definition) is 5. The van der Waals surface area contributed by atoms with Gasteiger partial charge < -0.3 is 18.2 Å². The second kappa shape index (κ2) is 10.3. The van der Waals surface area contributed by atoms with Crippen molar-refractivity contribution in [2.24, 2.45) is 0 Å². The van der Waals surface area contributed by atoms with Crippen LogP contribution in [0.4, 0.5) is 17.1 Å². The van der Waals surface area contributed by atoms with E-state index in [-0.39, 0.29) is 0 Å². The van der Waals surface area contributed by atoms with Crippen molar-refractivity contribution >= 4 is 82.8 Å². The van der Waals surface area contributed by atoms with Crippen LogP contribution in [0.3, 0.4) is 0 Å². The normalized spacial score (nSPS) is 12.0. The Morgan fingerprint density at radius 3 is 1.86 bits per heavy atom. The molecule has 3 heterocycles. The molecule has 3 aromatic heterocycles. The molecule has 0 aliphatic rings. The summed E-state index contributed by atoms with van der Waals surface area (Å²) < 4.78 is 18.9. The number of rotatable bonds is 5. The van der Waals surface area contributed by atoms with Gasteiger partial charge in [-0.1, -0.05) is 84.9 Å². The van der Waals surface area contributed by atoms with Gasteiger partial charge in [0.1, 0.15) is 27.8 Å². The van der Waals surface area contributed by atoms with Crippen molar-refractivity contribution in [3.63, 3.8) is 0 Å². The topological polar surface area (TPSA) is 55.6 Å². The number of anilines is 3. The molecule has 50 heavy (non-hydrogen) atoms. The van der Waals surface area contributed by atoms with Crippen LogP contribution in [0.5, 0.6) is 0 Å². The predicted molar refractivity (Wildman–Crippen MR) is 203 cm³/mol. The SMILES string of the molecule is c1ccc(-c2cccc(N(c3ccc(-c4nc5c6cccc7oc8cccc(c5o4)c8c76)cc3)c3ccc4oc5ccccc5c4c3)c2)cc1. The summed E-state index contributed by atoms with van der Waals surface area (Å²) in [5.74, 6) is 0.585. The Bertz CT molecular complexity index is 2960. The van der Waals surface area contributed by atoms with Gasteiger partial charge in [0.2, 0.25) is 5.89 Å². The smallest absolute Gasteiger partial charge is 0.227 e. The van der Waals surface area contributed by atoms with Gasteiger partial charge in [0.05, 0.1) is 0 Å². The molecule has 0 fully saturated rings. The van der Waals surface area contributed by atoms with E-state index in [1.807, 2.05) is 42.5 Å². The molecule has 0 unspecified atom stereocenters. The molecule has 5 nitrogen and oxygen atoms in total. The van der Waals surface area contributed by atoms with Crippen LogP contribution in [0.25, 0.3) is 88.3 Å². The Morgan fingerprint density at radius 1 is 0.380 bits per heavy atom. The van der Waals surface area contributed by atoms with Crippen molar-refractivity contribution < 1.29 is 13.3 Å². The van der Waals surface area contributed by atoms with Crippen molar-refractivity contribution in [1.82, 2.24) is 4.98 Å². The fraction of sp³-hybridized carbons (Fsp3) is 0. The van der Waals surface area contributed by atoms with Crippen LogP contribution in [0.1, 0.15) is 0 Å². The number of benzene rings is 8. The molecule has 11 aromatic rings. The maximum Gasteiger partial charge on any atom is 0.227 e. The Hall–Kier alpha value is -6.85. The van der Waals surface area contributed by atoms with Crippen LogP contribution in [-0.4, -0.2) is 4.98 Å². The molecule has 0 bridgehead atoms. The second-order valence-electron chi connectivity index (χ2n) is 12.7. The fourth-order valence-corrected chi connectivity index (χ4v) is 7.57. The zero-order valence-corrected chi connectivity index (χ0v) is 26.6. The minimum Gasteiger partial charge on any atom is -0.456 e. The molecule has 8 aromatic carbocycles. The van der Waals surface area contributed by atoms with Crippen LogP contribution < -0.4 is 4.90 Å². The summed E-state index contributed by atoms with van der Waals surface area (Å²) in [4.78, 5) is 7.36. The first-order valence-electron chi connectivity index (χ1n) is 16.7. The summed E-state index contributed by atoms with van der Waals surface area (Å²) in [5, 5.41) is 6.40. The molecule has 5 heteroatoms. The molecule has 0 saturated carbocycles. The number of hydrogen-bond donors (Lipinski definition) is 0. The highest BCUT2D eigenvalue weighted by molar-refractivity contribution is 6.31. The van der Waals surface area contributed by atoms with Crippen LogP contribution in [0.15, 0.2) is 171 Å². The van der Waals surface area contributed by atoms with Crippen LogP contribution in [0.2, 0.25) is 0 Å². The number of fused-ring (bicyclic) bond motifs is 6. The van der Waals surface area contributed by atoms with E-state index in [1.165, 1.54) is 5.56 Å². The maximum atomic E-state index is 6.58. The molecule has 0 spiro atoms. The van der Waals surface area contributed by atoms with E-state index in [0.717, 1.165) is 93.9 Å². The average Bonchev–Trinajstić information content (AvgIpc) is 3.90. The summed E-state index contributed by atoms with van der Waals surface area (Å²) in [6, 6.07) is 54.5. The Labute approximate surface area is 285 Å². The summed E-state index contributed by atoms with van der Waals surface area (Å²) in [6.07, 6.45) is 0. The van der Waals surface area contributed by atoms with Crippen LogP contribution in [0, 0.1) is 0 Å². The molecular weight excluding hydrogens is 617 g/mol. The van der Waals surface area contributed by atoms with Gasteiger partial charge in [-0.05, 0) is 83.9 Å². The van der Waals surface area contributed by atoms with Crippen molar-refractivity contribution in [3.05, 3.63) is 158 Å². The van der Waals surface area contributed by atoms with Crippen LogP contribution in [-0.2, 0) is 0 Å². The Balaban J connectivity index is 1.06. The third kappa shape index (κ3) is 3.98. The first-order chi connectivity index (χ1) is 24.8. The van der Waals surface area contributed by atoms with E-state index in [0.29, 0.717) is 5.89 Å². The molecule has 0 aliphatic heterocycles. The van der Waals surface area contributed by atoms with Crippen LogP contribution >= 0.6 is 0 Å². The first kappa shape index (κ1) is 27.1. The summed E-state index contributed by atoms with van der Waals surface area (Å²) in [5.41, 5.74) is 11.4. The average molecular weight is 643 g/mol. The van der Waals surface area contributed by atoms with E-state index in [2.05, 4.69) is 120 Å². The molecule has 0 radical (unpaired) electrons. The molecule has 0 aliphatic carbocycles. The fourth-order valence-electron chi connectivity index (χ4n) is 7.57. The molecule has 11 rings (SSSR count). The lowest BCUT2D eigenvalue weighted by atomic mass is 10.0. The van der Waals surface area contributed by atoms with Gasteiger partial charge >= 0.3 is 0 Å². The van der Waals surface area contributed by atoms with E-state index in [4.69, 9.17) is 18.2 Å². The van der Waals surface area contributed by atoms with E-state index >= 15 is 0 Å². The van der Waals surface area contributed by atoms with Crippen molar-refractivity contribution in [2.45, 2.75) is 0 Å². The van der Waals surface area contributed by atoms with Gasteiger partial charge in [-0.2, -0.15) is 0 Å². The molecule has 0 N–H and O–H groups in total. The van der Waals surface area contributed by atoms with E-state index < -0.39 is 0 Å². The number of para-hydroxylation sites is 1. The third-order valence-corrected chi connectivity index (χ3v) is 9.85. The summed E-state index contributed by atoms with van der Waals surface area (Å²) in [6.45, 7) is 0. The number of aromatic nitrogens is 1. The van der Waals surface area contributed by atoms with Gasteiger partial charge in [-0.25, -0.2) is 4.98 Å². The van der Waals surface area contributed by atoms with Gasteiger partial charge in [-0.15, -0.1) is 0 Å². The number of furan rings is 2. The van der Waals surface area contributed by atoms with Crippen molar-refractivity contribution in [3.8, 4) is 22.6 Å². The van der Waals surface area contributed by atoms with Gasteiger partial charge in [0, 0.05) is 54.9 Å². The van der Waals surface area contributed by atoms with Gasteiger partial charge in [0.25, 0.3) is 0 Å². The lowest BCUT2D eigenvalue weighted by molar-refractivity contribution is 0.623. The van der Waals surface area contributed by atoms with Crippen molar-refractivity contribution in [1.29, 1.82) is 0 Å². The van der Waals surface area contributed by atoms with E-state index in [1.54, 1.807) is 0 Å². The van der Waals surface area contributed by atoms with E-state index in [9.17, 15) is 0 Å². The molecule has 0 atom stereocenters. The second-order valence-corrected chi connectivity index (χ2v) is 12.7. The minimum absolute atomic E-state index is 0.585. The standard InChI is InChI=1S/C45H26N2O3/c1-2-9-27(10-3-1)29-11-6-12-31(25-29)47(32-23-24-38-36(26-32)33-13-4-5-16-37(33)48-38)30-21-19-28(20-22-30)45-46-43-34-14-7-17-39-41(34)42-35(44(43)50-45)15-8-18-40(42)49-39/h1-26H. The van der Waals surface area contributed by atoms with Crippen molar-refractivity contribution in [2.75, 3.05) is 4.90 Å². The molecular formula is C45H26N2O3. The lowest BCUT2D eigenvalue weighted by Crippen LogP contribution is -2.10. The molecule has 0 saturated heterocycles. The highest BCUT2D eigenvalue weighted by Crippen LogP contribution is 2.44. The summed E-state index contributed by atoms with van der Waals surface area (Å²) >= 11 is 0. The van der Waals surface area contributed by atoms with Gasteiger partial charge in [-0.3, -0.25) is 0 Å². The maximum absolute atomic E-state index is 6.58. The molecule has 0 amide bonds. The third-order valence-electron chi connectivity index (χ3n) is 9.85.